The van der Waals surface area contributed by atoms with Crippen molar-refractivity contribution in [2.24, 2.45) is 0 Å². The van der Waals surface area contributed by atoms with Gasteiger partial charge in [0, 0.05) is 9.99 Å². The van der Waals surface area contributed by atoms with E-state index in [0.717, 1.165) is 9.13 Å². The fraction of sp³-hybridized carbons (Fsp3) is 0.333. The van der Waals surface area contributed by atoms with Gasteiger partial charge in [0.2, 0.25) is 0 Å². The standard InChI is InChI=1S/C12H12BrIO3/c1-2-17-12(16)11-8(6-9(15)7-13)4-3-5-10(11)14/h3-5H,2,6-7H2,1H3. The van der Waals surface area contributed by atoms with E-state index in [1.807, 2.05) is 12.1 Å². The number of alkyl halides is 1. The van der Waals surface area contributed by atoms with Crippen LogP contribution in [0.15, 0.2) is 18.2 Å². The number of ether oxygens (including phenoxy) is 1. The van der Waals surface area contributed by atoms with Gasteiger partial charge in [0.05, 0.1) is 17.5 Å². The number of carbonyl (C=O) groups is 2. The molecule has 0 radical (unpaired) electrons. The molecule has 0 saturated carbocycles. The number of ketones is 1. The van der Waals surface area contributed by atoms with Gasteiger partial charge in [-0.25, -0.2) is 4.79 Å². The number of benzene rings is 1. The van der Waals surface area contributed by atoms with E-state index in [9.17, 15) is 9.59 Å². The van der Waals surface area contributed by atoms with Crippen molar-refractivity contribution in [1.82, 2.24) is 0 Å². The summed E-state index contributed by atoms with van der Waals surface area (Å²) in [6.45, 7) is 2.09. The highest BCUT2D eigenvalue weighted by Crippen LogP contribution is 2.19. The summed E-state index contributed by atoms with van der Waals surface area (Å²) in [5.74, 6) is -0.326. The summed E-state index contributed by atoms with van der Waals surface area (Å²) >= 11 is 5.19. The SMILES string of the molecule is CCOC(=O)c1c(I)cccc1CC(=O)CBr. The molecule has 0 spiro atoms. The number of hydrogen-bond acceptors (Lipinski definition) is 3. The van der Waals surface area contributed by atoms with Gasteiger partial charge in [-0.3, -0.25) is 4.79 Å². The summed E-state index contributed by atoms with van der Waals surface area (Å²) in [5, 5.41) is 0.292. The summed E-state index contributed by atoms with van der Waals surface area (Å²) in [7, 11) is 0. The maximum atomic E-state index is 11.8. The molecule has 1 aromatic rings. The minimum Gasteiger partial charge on any atom is -0.462 e. The average Bonchev–Trinajstić information content (AvgIpc) is 2.29. The fourth-order valence-corrected chi connectivity index (χ4v) is 2.38. The smallest absolute Gasteiger partial charge is 0.339 e. The molecular formula is C12H12BrIO3. The van der Waals surface area contributed by atoms with Crippen LogP contribution in [0.1, 0.15) is 22.8 Å². The van der Waals surface area contributed by atoms with E-state index in [1.165, 1.54) is 0 Å². The molecule has 5 heteroatoms. The Morgan fingerprint density at radius 3 is 2.71 bits per heavy atom. The zero-order valence-electron chi connectivity index (χ0n) is 9.33. The lowest BCUT2D eigenvalue weighted by Crippen LogP contribution is -2.13. The predicted octanol–water partition coefficient (Wildman–Crippen LogP) is 2.97. The monoisotopic (exact) mass is 410 g/mol. The van der Waals surface area contributed by atoms with Crippen LogP contribution in [0.4, 0.5) is 0 Å². The van der Waals surface area contributed by atoms with E-state index in [1.54, 1.807) is 13.0 Å². The summed E-state index contributed by atoms with van der Waals surface area (Å²) in [6.07, 6.45) is 0.246. The molecule has 0 atom stereocenters. The van der Waals surface area contributed by atoms with Crippen molar-refractivity contribution < 1.29 is 14.3 Å². The van der Waals surface area contributed by atoms with Crippen molar-refractivity contribution in [3.8, 4) is 0 Å². The first-order chi connectivity index (χ1) is 8.10. The van der Waals surface area contributed by atoms with Gasteiger partial charge in [0.15, 0.2) is 0 Å². The molecule has 0 saturated heterocycles. The molecule has 0 aliphatic heterocycles. The highest BCUT2D eigenvalue weighted by Gasteiger charge is 2.17. The molecule has 0 N–H and O–H groups in total. The average molecular weight is 411 g/mol. The maximum absolute atomic E-state index is 11.8. The Bertz CT molecular complexity index is 432. The summed E-state index contributed by atoms with van der Waals surface area (Å²) < 4.78 is 5.80. The molecule has 1 aromatic carbocycles. The zero-order valence-corrected chi connectivity index (χ0v) is 13.1. The van der Waals surface area contributed by atoms with Crippen molar-refractivity contribution in [2.75, 3.05) is 11.9 Å². The second-order valence-corrected chi connectivity index (χ2v) is 5.07. The van der Waals surface area contributed by atoms with Crippen molar-refractivity contribution in [1.29, 1.82) is 0 Å². The van der Waals surface area contributed by atoms with E-state index in [4.69, 9.17) is 4.74 Å². The molecule has 0 aliphatic rings. The molecular weight excluding hydrogens is 399 g/mol. The summed E-state index contributed by atoms with van der Waals surface area (Å²) in [4.78, 5) is 23.2. The van der Waals surface area contributed by atoms with Crippen molar-refractivity contribution in [3.63, 3.8) is 0 Å². The van der Waals surface area contributed by atoms with Gasteiger partial charge >= 0.3 is 5.97 Å². The number of esters is 1. The van der Waals surface area contributed by atoms with E-state index < -0.39 is 0 Å². The quantitative estimate of drug-likeness (QED) is 0.425. The second kappa shape index (κ2) is 7.10. The van der Waals surface area contributed by atoms with Gasteiger partial charge in [-0.2, -0.15) is 0 Å². The highest BCUT2D eigenvalue weighted by atomic mass is 127. The third-order valence-corrected chi connectivity index (χ3v) is 3.64. The number of hydrogen-bond donors (Lipinski definition) is 0. The van der Waals surface area contributed by atoms with Crippen molar-refractivity contribution in [2.45, 2.75) is 13.3 Å². The number of rotatable bonds is 5. The van der Waals surface area contributed by atoms with Gasteiger partial charge < -0.3 is 4.74 Å². The van der Waals surface area contributed by atoms with Crippen LogP contribution in [-0.2, 0) is 16.0 Å². The molecule has 17 heavy (non-hydrogen) atoms. The highest BCUT2D eigenvalue weighted by molar-refractivity contribution is 14.1. The van der Waals surface area contributed by atoms with Crippen LogP contribution in [0.5, 0.6) is 0 Å². The zero-order chi connectivity index (χ0) is 12.8. The largest absolute Gasteiger partial charge is 0.462 e. The lowest BCUT2D eigenvalue weighted by atomic mass is 10.0. The number of halogens is 2. The van der Waals surface area contributed by atoms with Crippen LogP contribution < -0.4 is 0 Å². The topological polar surface area (TPSA) is 43.4 Å². The van der Waals surface area contributed by atoms with E-state index in [0.29, 0.717) is 17.5 Å². The van der Waals surface area contributed by atoms with Gasteiger partial charge in [-0.1, -0.05) is 28.1 Å². The van der Waals surface area contributed by atoms with Crippen LogP contribution in [0, 0.1) is 3.57 Å². The molecule has 3 nitrogen and oxygen atoms in total. The first kappa shape index (κ1) is 14.6. The van der Waals surface area contributed by atoms with Gasteiger partial charge in [0.1, 0.15) is 5.78 Å². The Hall–Kier alpha value is -0.430. The molecule has 92 valence electrons. The second-order valence-electron chi connectivity index (χ2n) is 3.34. The number of Topliss-reactive ketones (excluding diaryl/α,β-unsaturated/α-hetero) is 1. The first-order valence-corrected chi connectivity index (χ1v) is 7.32. The Morgan fingerprint density at radius 1 is 1.41 bits per heavy atom. The van der Waals surface area contributed by atoms with E-state index >= 15 is 0 Å². The number of carbonyl (C=O) groups excluding carboxylic acids is 2. The maximum Gasteiger partial charge on any atom is 0.339 e. The third kappa shape index (κ3) is 4.06. The van der Waals surface area contributed by atoms with Crippen LogP contribution in [-0.4, -0.2) is 23.7 Å². The lowest BCUT2D eigenvalue weighted by molar-refractivity contribution is -0.115. The van der Waals surface area contributed by atoms with Crippen LogP contribution in [0.3, 0.4) is 0 Å². The molecule has 0 fully saturated rings. The fourth-order valence-electron chi connectivity index (χ4n) is 1.41. The molecule has 1 rings (SSSR count). The van der Waals surface area contributed by atoms with Crippen molar-refractivity contribution in [3.05, 3.63) is 32.9 Å². The minimum atomic E-state index is -0.366. The van der Waals surface area contributed by atoms with Gasteiger partial charge in [-0.15, -0.1) is 0 Å². The lowest BCUT2D eigenvalue weighted by Gasteiger charge is -2.09. The minimum absolute atomic E-state index is 0.0394. The third-order valence-electron chi connectivity index (χ3n) is 2.12. The Balaban J connectivity index is 3.08. The van der Waals surface area contributed by atoms with E-state index in [-0.39, 0.29) is 18.2 Å². The molecule has 0 bridgehead atoms. The molecule has 0 aliphatic carbocycles. The summed E-state index contributed by atoms with van der Waals surface area (Å²) in [5.41, 5.74) is 1.23. The normalized spacial score (nSPS) is 10.1. The molecule has 0 amide bonds. The molecule has 0 unspecified atom stereocenters. The molecule has 0 heterocycles. The predicted molar refractivity (Wildman–Crippen MR) is 77.6 cm³/mol. The first-order valence-electron chi connectivity index (χ1n) is 5.12. The van der Waals surface area contributed by atoms with Gasteiger partial charge in [-0.05, 0) is 41.1 Å². The Labute approximate surface area is 122 Å². The Kier molecular flexibility index (Phi) is 6.11. The van der Waals surface area contributed by atoms with E-state index in [2.05, 4.69) is 38.5 Å². The van der Waals surface area contributed by atoms with Crippen LogP contribution in [0.25, 0.3) is 0 Å². The molecule has 0 aromatic heterocycles. The van der Waals surface area contributed by atoms with Crippen molar-refractivity contribution >= 4 is 50.3 Å². The Morgan fingerprint density at radius 2 is 2.12 bits per heavy atom. The van der Waals surface area contributed by atoms with Crippen LogP contribution in [0.2, 0.25) is 0 Å². The van der Waals surface area contributed by atoms with Crippen LogP contribution >= 0.6 is 38.5 Å². The summed E-state index contributed by atoms with van der Waals surface area (Å²) in [6, 6.07) is 5.45. The van der Waals surface area contributed by atoms with Gasteiger partial charge in [0.25, 0.3) is 0 Å².